The van der Waals surface area contributed by atoms with Gasteiger partial charge in [0.25, 0.3) is 0 Å². The smallest absolute Gasteiger partial charge is 0.178 e. The van der Waals surface area contributed by atoms with Gasteiger partial charge in [0.1, 0.15) is 0 Å². The monoisotopic (exact) mass is 338 g/mol. The fourth-order valence-corrected chi connectivity index (χ4v) is 4.30. The highest BCUT2D eigenvalue weighted by Crippen LogP contribution is 2.24. The van der Waals surface area contributed by atoms with Gasteiger partial charge in [0.2, 0.25) is 0 Å². The van der Waals surface area contributed by atoms with Gasteiger partial charge in [-0.15, -0.1) is 0 Å². The lowest BCUT2D eigenvalue weighted by atomic mass is 10.2. The molecule has 0 saturated carbocycles. The maximum Gasteiger partial charge on any atom is 0.178 e. The summed E-state index contributed by atoms with van der Waals surface area (Å²) in [6, 6.07) is 5.24. The topological polar surface area (TPSA) is 54.9 Å². The zero-order chi connectivity index (χ0) is 15.2. The van der Waals surface area contributed by atoms with Crippen LogP contribution in [0.25, 0.3) is 11.0 Å². The van der Waals surface area contributed by atoms with Crippen molar-refractivity contribution in [2.75, 3.05) is 6.26 Å². The highest BCUT2D eigenvalue weighted by molar-refractivity contribution is 7.91. The molecule has 3 rings (SSSR count). The van der Waals surface area contributed by atoms with Crippen LogP contribution in [0, 0.1) is 11.7 Å². The number of hydrogen-bond acceptors (Lipinski definition) is 4. The minimum absolute atomic E-state index is 0.284. The number of sulfone groups is 1. The Labute approximate surface area is 132 Å². The fraction of sp³-hybridized carbons (Fsp3) is 0.214. The standard InChI is InChI=1S/C14H14N2O2S3/c1-9-7-20-8-10(9)6-16-11-4-3-5-12(21(2,17)18)13(11)15-14(16)19/h3-5,7-8H,6H2,1-2H3,(H,15,19). The number of thiophene rings is 1. The minimum Gasteiger partial charge on any atom is -0.329 e. The molecule has 0 aliphatic carbocycles. The Bertz CT molecular complexity index is 977. The molecule has 0 atom stereocenters. The van der Waals surface area contributed by atoms with E-state index in [2.05, 4.69) is 22.7 Å². The Kier molecular flexibility index (Phi) is 3.51. The molecule has 0 saturated heterocycles. The maximum absolute atomic E-state index is 11.9. The first-order chi connectivity index (χ1) is 9.88. The Morgan fingerprint density at radius 1 is 1.33 bits per heavy atom. The summed E-state index contributed by atoms with van der Waals surface area (Å²) in [5.41, 5.74) is 3.81. The molecule has 2 heterocycles. The largest absolute Gasteiger partial charge is 0.329 e. The van der Waals surface area contributed by atoms with E-state index in [1.54, 1.807) is 23.5 Å². The van der Waals surface area contributed by atoms with Crippen LogP contribution in [0.5, 0.6) is 0 Å². The van der Waals surface area contributed by atoms with E-state index in [1.165, 1.54) is 17.4 Å². The van der Waals surface area contributed by atoms with Crippen LogP contribution in [0.15, 0.2) is 33.9 Å². The molecule has 4 nitrogen and oxygen atoms in total. The van der Waals surface area contributed by atoms with Crippen molar-refractivity contribution in [3.8, 4) is 0 Å². The van der Waals surface area contributed by atoms with Gasteiger partial charge in [-0.3, -0.25) is 0 Å². The first-order valence-corrected chi connectivity index (χ1v) is 9.55. The van der Waals surface area contributed by atoms with Gasteiger partial charge < -0.3 is 9.55 Å². The molecule has 0 fully saturated rings. The number of nitrogens with zero attached hydrogens (tertiary/aromatic N) is 1. The minimum atomic E-state index is -3.29. The fourth-order valence-electron chi connectivity index (χ4n) is 2.34. The zero-order valence-electron chi connectivity index (χ0n) is 11.6. The van der Waals surface area contributed by atoms with Gasteiger partial charge in [-0.05, 0) is 53.2 Å². The predicted molar refractivity (Wildman–Crippen MR) is 88.4 cm³/mol. The second-order valence-corrected chi connectivity index (χ2v) is 8.13. The van der Waals surface area contributed by atoms with Gasteiger partial charge in [0.15, 0.2) is 14.6 Å². The van der Waals surface area contributed by atoms with E-state index in [0.717, 1.165) is 5.52 Å². The van der Waals surface area contributed by atoms with Crippen LogP contribution in [-0.4, -0.2) is 24.2 Å². The van der Waals surface area contributed by atoms with Crippen LogP contribution in [-0.2, 0) is 16.4 Å². The van der Waals surface area contributed by atoms with Gasteiger partial charge in [-0.25, -0.2) is 8.42 Å². The van der Waals surface area contributed by atoms with E-state index >= 15 is 0 Å². The van der Waals surface area contributed by atoms with Gasteiger partial charge in [-0.2, -0.15) is 11.3 Å². The lowest BCUT2D eigenvalue weighted by molar-refractivity contribution is 0.602. The molecule has 0 aliphatic heterocycles. The van der Waals surface area contributed by atoms with E-state index in [1.807, 2.05) is 10.6 Å². The molecule has 0 radical (unpaired) electrons. The first kappa shape index (κ1) is 14.5. The number of imidazole rings is 1. The lowest BCUT2D eigenvalue weighted by Gasteiger charge is -2.05. The third-order valence-corrected chi connectivity index (χ3v) is 5.83. The van der Waals surface area contributed by atoms with Crippen LogP contribution < -0.4 is 0 Å². The molecule has 0 spiro atoms. The number of hydrogen-bond donors (Lipinski definition) is 1. The number of fused-ring (bicyclic) bond motifs is 1. The number of rotatable bonds is 3. The molecular formula is C14H14N2O2S3. The summed E-state index contributed by atoms with van der Waals surface area (Å²) < 4.78 is 26.2. The SMILES string of the molecule is Cc1cscc1Cn1c(=S)[nH]c2c(S(C)(=O)=O)cccc21. The van der Waals surface area contributed by atoms with Crippen LogP contribution in [0.2, 0.25) is 0 Å². The molecular weight excluding hydrogens is 324 g/mol. The van der Waals surface area contributed by atoms with Crippen molar-refractivity contribution >= 4 is 44.4 Å². The third-order valence-electron chi connectivity index (χ3n) is 3.46. The molecule has 1 aromatic carbocycles. The van der Waals surface area contributed by atoms with Crippen molar-refractivity contribution in [2.24, 2.45) is 0 Å². The van der Waals surface area contributed by atoms with Gasteiger partial charge >= 0.3 is 0 Å². The molecule has 3 aromatic rings. The number of para-hydroxylation sites is 1. The average molecular weight is 338 g/mol. The van der Waals surface area contributed by atoms with Gasteiger partial charge in [0, 0.05) is 6.26 Å². The number of aryl methyl sites for hydroxylation is 1. The Hall–Kier alpha value is -1.44. The zero-order valence-corrected chi connectivity index (χ0v) is 14.0. The molecule has 21 heavy (non-hydrogen) atoms. The number of aromatic amines is 1. The van der Waals surface area contributed by atoms with Crippen molar-refractivity contribution in [1.82, 2.24) is 9.55 Å². The Morgan fingerprint density at radius 2 is 2.10 bits per heavy atom. The van der Waals surface area contributed by atoms with Gasteiger partial charge in [-0.1, -0.05) is 6.07 Å². The van der Waals surface area contributed by atoms with E-state index < -0.39 is 9.84 Å². The second kappa shape index (κ2) is 5.08. The van der Waals surface area contributed by atoms with Crippen LogP contribution >= 0.6 is 23.6 Å². The number of H-pyrrole nitrogens is 1. The normalized spacial score (nSPS) is 12.1. The quantitative estimate of drug-likeness (QED) is 0.744. The predicted octanol–water partition coefficient (Wildman–Crippen LogP) is 3.52. The van der Waals surface area contributed by atoms with Crippen LogP contribution in [0.3, 0.4) is 0 Å². The molecule has 1 N–H and O–H groups in total. The van der Waals surface area contributed by atoms with E-state index in [9.17, 15) is 8.42 Å². The van der Waals surface area contributed by atoms with Gasteiger partial charge in [0.05, 0.1) is 22.5 Å². The number of aromatic nitrogens is 2. The summed E-state index contributed by atoms with van der Waals surface area (Å²) in [6.45, 7) is 2.70. The van der Waals surface area contributed by atoms with Crippen molar-refractivity contribution < 1.29 is 8.42 Å². The number of benzene rings is 1. The summed E-state index contributed by atoms with van der Waals surface area (Å²) >= 11 is 7.02. The van der Waals surface area contributed by atoms with Crippen molar-refractivity contribution in [3.63, 3.8) is 0 Å². The molecule has 0 bridgehead atoms. The average Bonchev–Trinajstić information content (AvgIpc) is 2.93. The summed E-state index contributed by atoms with van der Waals surface area (Å²) in [5.74, 6) is 0. The highest BCUT2D eigenvalue weighted by Gasteiger charge is 2.16. The molecule has 2 aromatic heterocycles. The Morgan fingerprint density at radius 3 is 2.71 bits per heavy atom. The van der Waals surface area contributed by atoms with E-state index in [0.29, 0.717) is 16.8 Å². The number of nitrogens with one attached hydrogen (secondary N) is 1. The molecule has 0 unspecified atom stereocenters. The van der Waals surface area contributed by atoms with Crippen molar-refractivity contribution in [1.29, 1.82) is 0 Å². The van der Waals surface area contributed by atoms with Crippen molar-refractivity contribution in [2.45, 2.75) is 18.4 Å². The lowest BCUT2D eigenvalue weighted by Crippen LogP contribution is -2.01. The van der Waals surface area contributed by atoms with Crippen molar-refractivity contribution in [3.05, 3.63) is 44.9 Å². The third kappa shape index (κ3) is 2.56. The second-order valence-electron chi connectivity index (χ2n) is 5.02. The van der Waals surface area contributed by atoms with E-state index in [4.69, 9.17) is 12.2 Å². The highest BCUT2D eigenvalue weighted by atomic mass is 32.2. The molecule has 0 amide bonds. The molecule has 110 valence electrons. The van der Waals surface area contributed by atoms with E-state index in [-0.39, 0.29) is 4.90 Å². The summed E-state index contributed by atoms with van der Waals surface area (Å²) in [7, 11) is -3.29. The first-order valence-electron chi connectivity index (χ1n) is 6.31. The van der Waals surface area contributed by atoms with Crippen LogP contribution in [0.1, 0.15) is 11.1 Å². The maximum atomic E-state index is 11.9. The summed E-state index contributed by atoms with van der Waals surface area (Å²) in [4.78, 5) is 3.32. The molecule has 7 heteroatoms. The molecule has 0 aliphatic rings. The summed E-state index contributed by atoms with van der Waals surface area (Å²) in [5, 5.41) is 4.19. The Balaban J connectivity index is 2.24. The summed E-state index contributed by atoms with van der Waals surface area (Å²) in [6.07, 6.45) is 1.21. The van der Waals surface area contributed by atoms with Crippen LogP contribution in [0.4, 0.5) is 0 Å².